The van der Waals surface area contributed by atoms with Gasteiger partial charge in [-0.15, -0.1) is 19.0 Å². The highest BCUT2D eigenvalue weighted by Crippen LogP contribution is 2.14. The summed E-state index contributed by atoms with van der Waals surface area (Å²) in [6, 6.07) is 6.26. The molecule has 0 spiro atoms. The number of rotatable bonds is 6. The van der Waals surface area contributed by atoms with Gasteiger partial charge in [-0.1, -0.05) is 45.6 Å². The van der Waals surface area contributed by atoms with Gasteiger partial charge in [0, 0.05) is 24.9 Å². The Bertz CT molecular complexity index is 366. The molecule has 1 aromatic carbocycles. The van der Waals surface area contributed by atoms with E-state index in [0.717, 1.165) is 5.69 Å². The molecule has 0 heterocycles. The van der Waals surface area contributed by atoms with Gasteiger partial charge in [-0.25, -0.2) is 0 Å². The Balaban J connectivity index is -0.000000281. The van der Waals surface area contributed by atoms with Crippen LogP contribution in [0.2, 0.25) is 0 Å². The lowest BCUT2D eigenvalue weighted by Gasteiger charge is -1.96. The van der Waals surface area contributed by atoms with Gasteiger partial charge in [-0.2, -0.15) is 0 Å². The predicted octanol–water partition coefficient (Wildman–Crippen LogP) is 4.81. The fraction of sp³-hybridized carbons (Fsp3) is 0.500. The molecule has 0 aliphatic heterocycles. The van der Waals surface area contributed by atoms with Crippen LogP contribution < -0.4 is 5.32 Å². The maximum atomic E-state index is 10.2. The number of non-ortho nitro benzene ring substituents is 1. The van der Waals surface area contributed by atoms with Crippen molar-refractivity contribution in [3.05, 3.63) is 47.0 Å². The second-order valence-electron chi connectivity index (χ2n) is 4.23. The fourth-order valence-corrected chi connectivity index (χ4v) is 1.25. The van der Waals surface area contributed by atoms with Crippen LogP contribution >= 0.6 is 12.4 Å². The molecular formula is C16H29ClN2O3. The first-order valence-electron chi connectivity index (χ1n) is 7.21. The van der Waals surface area contributed by atoms with Crippen molar-refractivity contribution in [2.45, 2.75) is 39.5 Å². The van der Waals surface area contributed by atoms with Crippen LogP contribution in [0.4, 0.5) is 11.4 Å². The molecule has 0 atom stereocenters. The van der Waals surface area contributed by atoms with Gasteiger partial charge in [-0.05, 0) is 12.1 Å². The molecular weight excluding hydrogens is 304 g/mol. The first-order chi connectivity index (χ1) is 10.1. The molecule has 0 radical (unpaired) electrons. The van der Waals surface area contributed by atoms with Crippen molar-refractivity contribution in [3.63, 3.8) is 0 Å². The SMILES string of the molecule is C=CCO.CCCCCC.CNc1ccc([N+](=O)[O-])cc1.Cl. The zero-order valence-electron chi connectivity index (χ0n) is 13.7. The molecule has 128 valence electrons. The van der Waals surface area contributed by atoms with Crippen molar-refractivity contribution >= 4 is 23.8 Å². The number of anilines is 1. The Labute approximate surface area is 140 Å². The summed E-state index contributed by atoms with van der Waals surface area (Å²) in [6.07, 6.45) is 6.97. The van der Waals surface area contributed by atoms with Crippen molar-refractivity contribution in [1.29, 1.82) is 0 Å². The number of halogens is 1. The zero-order chi connectivity index (χ0) is 16.5. The number of hydrogen-bond donors (Lipinski definition) is 2. The molecule has 0 unspecified atom stereocenters. The lowest BCUT2D eigenvalue weighted by atomic mass is 10.2. The van der Waals surface area contributed by atoms with Crippen LogP contribution in [0.3, 0.4) is 0 Å². The van der Waals surface area contributed by atoms with Crippen molar-refractivity contribution in [1.82, 2.24) is 0 Å². The zero-order valence-corrected chi connectivity index (χ0v) is 14.6. The molecule has 0 amide bonds. The smallest absolute Gasteiger partial charge is 0.269 e. The van der Waals surface area contributed by atoms with Gasteiger partial charge in [0.05, 0.1) is 11.5 Å². The van der Waals surface area contributed by atoms with Crippen LogP contribution in [-0.4, -0.2) is 23.7 Å². The van der Waals surface area contributed by atoms with Crippen molar-refractivity contribution in [3.8, 4) is 0 Å². The minimum Gasteiger partial charge on any atom is -0.392 e. The number of aliphatic hydroxyl groups is 1. The number of nitrogens with zero attached hydrogens (tertiary/aromatic N) is 1. The van der Waals surface area contributed by atoms with E-state index in [9.17, 15) is 10.1 Å². The van der Waals surface area contributed by atoms with Gasteiger partial charge in [-0.3, -0.25) is 10.1 Å². The molecule has 0 aromatic heterocycles. The lowest BCUT2D eigenvalue weighted by Crippen LogP contribution is -1.89. The van der Waals surface area contributed by atoms with Gasteiger partial charge in [0.1, 0.15) is 0 Å². The fourth-order valence-electron chi connectivity index (χ4n) is 1.25. The topological polar surface area (TPSA) is 75.4 Å². The van der Waals surface area contributed by atoms with Gasteiger partial charge in [0.15, 0.2) is 0 Å². The summed E-state index contributed by atoms with van der Waals surface area (Å²) >= 11 is 0. The summed E-state index contributed by atoms with van der Waals surface area (Å²) in [5.74, 6) is 0. The molecule has 1 aromatic rings. The largest absolute Gasteiger partial charge is 0.392 e. The number of benzene rings is 1. The number of hydrogen-bond acceptors (Lipinski definition) is 4. The van der Waals surface area contributed by atoms with Crippen LogP contribution in [0, 0.1) is 10.1 Å². The molecule has 2 N–H and O–H groups in total. The van der Waals surface area contributed by atoms with Crippen LogP contribution in [0.1, 0.15) is 39.5 Å². The van der Waals surface area contributed by atoms with Crippen LogP contribution in [0.15, 0.2) is 36.9 Å². The Morgan fingerprint density at radius 3 is 1.86 bits per heavy atom. The Hall–Kier alpha value is -1.59. The van der Waals surface area contributed by atoms with Gasteiger partial charge in [0.2, 0.25) is 0 Å². The number of unbranched alkanes of at least 4 members (excludes halogenated alkanes) is 3. The summed E-state index contributed by atoms with van der Waals surface area (Å²) in [4.78, 5) is 9.77. The molecule has 0 aliphatic carbocycles. The number of aliphatic hydroxyl groups excluding tert-OH is 1. The number of nitrogens with one attached hydrogen (secondary N) is 1. The molecule has 0 saturated heterocycles. The maximum absolute atomic E-state index is 10.2. The lowest BCUT2D eigenvalue weighted by molar-refractivity contribution is -0.384. The Morgan fingerprint density at radius 2 is 1.64 bits per heavy atom. The van der Waals surface area contributed by atoms with Crippen molar-refractivity contribution in [2.75, 3.05) is 19.0 Å². The molecule has 0 bridgehead atoms. The molecule has 22 heavy (non-hydrogen) atoms. The molecule has 0 saturated carbocycles. The van der Waals surface area contributed by atoms with Crippen LogP contribution in [0.25, 0.3) is 0 Å². The van der Waals surface area contributed by atoms with E-state index in [1.54, 1.807) is 19.2 Å². The van der Waals surface area contributed by atoms with E-state index in [4.69, 9.17) is 5.11 Å². The predicted molar refractivity (Wildman–Crippen MR) is 97.0 cm³/mol. The normalized spacial score (nSPS) is 8.18. The summed E-state index contributed by atoms with van der Waals surface area (Å²) < 4.78 is 0. The second kappa shape index (κ2) is 19.4. The summed E-state index contributed by atoms with van der Waals surface area (Å²) in [6.45, 7) is 7.78. The van der Waals surface area contributed by atoms with Gasteiger partial charge >= 0.3 is 0 Å². The minimum atomic E-state index is -0.417. The van der Waals surface area contributed by atoms with E-state index in [2.05, 4.69) is 25.7 Å². The molecule has 1 rings (SSSR count). The Kier molecular flexibility index (Phi) is 22.4. The van der Waals surface area contributed by atoms with E-state index in [1.165, 1.54) is 43.9 Å². The second-order valence-corrected chi connectivity index (χ2v) is 4.23. The van der Waals surface area contributed by atoms with Gasteiger partial charge < -0.3 is 10.4 Å². The Morgan fingerprint density at radius 1 is 1.23 bits per heavy atom. The molecule has 0 fully saturated rings. The monoisotopic (exact) mass is 332 g/mol. The quantitative estimate of drug-likeness (QED) is 0.339. The highest BCUT2D eigenvalue weighted by Gasteiger charge is 2.01. The first kappa shape index (κ1) is 25.4. The summed E-state index contributed by atoms with van der Waals surface area (Å²) in [5.41, 5.74) is 0.986. The first-order valence-corrected chi connectivity index (χ1v) is 7.21. The van der Waals surface area contributed by atoms with E-state index in [0.29, 0.717) is 0 Å². The average molecular weight is 333 g/mol. The van der Waals surface area contributed by atoms with E-state index in [-0.39, 0.29) is 24.7 Å². The molecule has 5 nitrogen and oxygen atoms in total. The number of nitro benzene ring substituents is 1. The third-order valence-electron chi connectivity index (χ3n) is 2.45. The third-order valence-corrected chi connectivity index (χ3v) is 2.45. The van der Waals surface area contributed by atoms with E-state index in [1.807, 2.05) is 0 Å². The van der Waals surface area contributed by atoms with Crippen LogP contribution in [-0.2, 0) is 0 Å². The standard InChI is InChI=1S/C7H8N2O2.C6H14.C3H6O.ClH/c1-8-6-2-4-7(5-3-6)9(10)11;1-3-5-6-4-2;1-2-3-4;/h2-5,8H,1H3;3-6H2,1-2H3;2,4H,1,3H2;1H. The maximum Gasteiger partial charge on any atom is 0.269 e. The van der Waals surface area contributed by atoms with Crippen LogP contribution in [0.5, 0.6) is 0 Å². The summed E-state index contributed by atoms with van der Waals surface area (Å²) in [7, 11) is 1.77. The number of nitro groups is 1. The third kappa shape index (κ3) is 16.5. The van der Waals surface area contributed by atoms with Crippen molar-refractivity contribution in [2.24, 2.45) is 0 Å². The summed E-state index contributed by atoms with van der Waals surface area (Å²) in [5, 5.41) is 20.8. The highest BCUT2D eigenvalue weighted by molar-refractivity contribution is 5.85. The molecule has 0 aliphatic rings. The van der Waals surface area contributed by atoms with E-state index >= 15 is 0 Å². The highest BCUT2D eigenvalue weighted by atomic mass is 35.5. The van der Waals surface area contributed by atoms with Gasteiger partial charge in [0.25, 0.3) is 5.69 Å². The van der Waals surface area contributed by atoms with E-state index < -0.39 is 4.92 Å². The molecule has 6 heteroatoms. The van der Waals surface area contributed by atoms with Crippen molar-refractivity contribution < 1.29 is 10.0 Å². The minimum absolute atomic E-state index is 0. The average Bonchev–Trinajstić information content (AvgIpc) is 2.53.